The van der Waals surface area contributed by atoms with Crippen LogP contribution in [0.4, 0.5) is 5.69 Å². The lowest BCUT2D eigenvalue weighted by Crippen LogP contribution is -2.04. The van der Waals surface area contributed by atoms with Crippen molar-refractivity contribution in [3.05, 3.63) is 65.2 Å². The van der Waals surface area contributed by atoms with Crippen molar-refractivity contribution in [3.8, 4) is 0 Å². The van der Waals surface area contributed by atoms with Crippen molar-refractivity contribution in [2.45, 2.75) is 19.8 Å². The van der Waals surface area contributed by atoms with Crippen molar-refractivity contribution in [2.75, 3.05) is 5.73 Å². The minimum Gasteiger partial charge on any atom is -0.399 e. The highest BCUT2D eigenvalue weighted by Gasteiger charge is 2.07. The molecule has 0 aliphatic heterocycles. The molecule has 0 saturated carbocycles. The van der Waals surface area contributed by atoms with E-state index in [4.69, 9.17) is 5.73 Å². The molecule has 0 bridgehead atoms. The largest absolute Gasteiger partial charge is 0.399 e. The number of hydrogen-bond acceptors (Lipinski definition) is 2. The van der Waals surface area contributed by atoms with Crippen LogP contribution >= 0.6 is 0 Å². The number of aryl methyl sites for hydroxylation is 1. The molecule has 2 nitrogen and oxygen atoms in total. The van der Waals surface area contributed by atoms with E-state index in [0.29, 0.717) is 12.1 Å². The van der Waals surface area contributed by atoms with Crippen LogP contribution in [0, 0.1) is 0 Å². The second-order valence-corrected chi connectivity index (χ2v) is 4.40. The molecule has 0 amide bonds. The van der Waals surface area contributed by atoms with Crippen LogP contribution < -0.4 is 5.73 Å². The van der Waals surface area contributed by atoms with Gasteiger partial charge in [-0.1, -0.05) is 37.3 Å². The summed E-state index contributed by atoms with van der Waals surface area (Å²) < 4.78 is 0. The van der Waals surface area contributed by atoms with Gasteiger partial charge in [-0.05, 0) is 35.7 Å². The summed E-state index contributed by atoms with van der Waals surface area (Å²) in [5.74, 6) is 0.135. The number of carbonyl (C=O) groups excluding carboxylic acids is 1. The number of rotatable bonds is 4. The third kappa shape index (κ3) is 2.98. The summed E-state index contributed by atoms with van der Waals surface area (Å²) in [4.78, 5) is 12.2. The van der Waals surface area contributed by atoms with Gasteiger partial charge >= 0.3 is 0 Å². The van der Waals surface area contributed by atoms with Crippen molar-refractivity contribution >= 4 is 11.5 Å². The smallest absolute Gasteiger partial charge is 0.167 e. The van der Waals surface area contributed by atoms with Crippen LogP contribution in [0.15, 0.2) is 48.5 Å². The van der Waals surface area contributed by atoms with E-state index in [1.54, 1.807) is 0 Å². The number of anilines is 1. The summed E-state index contributed by atoms with van der Waals surface area (Å²) in [5, 5.41) is 0. The molecule has 0 heterocycles. The average molecular weight is 239 g/mol. The van der Waals surface area contributed by atoms with Crippen LogP contribution in [0.3, 0.4) is 0 Å². The minimum absolute atomic E-state index is 0.135. The molecular formula is C16H17NO. The number of Topliss-reactive ketones (excluding diaryl/α,β-unsaturated/α-hetero) is 1. The van der Waals surface area contributed by atoms with Gasteiger partial charge in [0.1, 0.15) is 0 Å². The second-order valence-electron chi connectivity index (χ2n) is 4.40. The molecule has 0 saturated heterocycles. The molecule has 0 radical (unpaired) electrons. The first-order valence-electron chi connectivity index (χ1n) is 6.15. The first kappa shape index (κ1) is 12.4. The zero-order chi connectivity index (χ0) is 13.0. The van der Waals surface area contributed by atoms with Gasteiger partial charge < -0.3 is 5.73 Å². The van der Waals surface area contributed by atoms with E-state index in [0.717, 1.165) is 17.5 Å². The molecule has 0 fully saturated rings. The standard InChI is InChI=1S/C16H17NO/c1-2-12-5-3-7-14(9-12)16(18)11-13-6-4-8-15(17)10-13/h3-10H,2,11,17H2,1H3. The Labute approximate surface area is 107 Å². The Hall–Kier alpha value is -2.09. The third-order valence-electron chi connectivity index (χ3n) is 2.97. The number of benzene rings is 2. The molecule has 92 valence electrons. The zero-order valence-corrected chi connectivity index (χ0v) is 10.5. The number of nitrogen functional groups attached to an aromatic ring is 1. The van der Waals surface area contributed by atoms with E-state index in [9.17, 15) is 4.79 Å². The van der Waals surface area contributed by atoms with Gasteiger partial charge in [0.25, 0.3) is 0 Å². The molecule has 0 atom stereocenters. The lowest BCUT2D eigenvalue weighted by Gasteiger charge is -2.04. The number of ketones is 1. The van der Waals surface area contributed by atoms with Crippen LogP contribution in [0.5, 0.6) is 0 Å². The van der Waals surface area contributed by atoms with Gasteiger partial charge in [-0.2, -0.15) is 0 Å². The number of nitrogens with two attached hydrogens (primary N) is 1. The lowest BCUT2D eigenvalue weighted by molar-refractivity contribution is 0.0993. The maximum atomic E-state index is 12.2. The van der Waals surface area contributed by atoms with E-state index in [1.807, 2.05) is 48.5 Å². The minimum atomic E-state index is 0.135. The fourth-order valence-corrected chi connectivity index (χ4v) is 1.96. The van der Waals surface area contributed by atoms with Crippen molar-refractivity contribution in [1.29, 1.82) is 0 Å². The Kier molecular flexibility index (Phi) is 3.78. The quantitative estimate of drug-likeness (QED) is 0.657. The van der Waals surface area contributed by atoms with Crippen LogP contribution in [-0.2, 0) is 12.8 Å². The Bertz CT molecular complexity index is 561. The summed E-state index contributed by atoms with van der Waals surface area (Å²) >= 11 is 0. The SMILES string of the molecule is CCc1cccc(C(=O)Cc2cccc(N)c2)c1. The van der Waals surface area contributed by atoms with Crippen molar-refractivity contribution in [2.24, 2.45) is 0 Å². The van der Waals surface area contributed by atoms with Gasteiger partial charge in [0.05, 0.1) is 0 Å². The maximum absolute atomic E-state index is 12.2. The monoisotopic (exact) mass is 239 g/mol. The van der Waals surface area contributed by atoms with Crippen molar-refractivity contribution in [3.63, 3.8) is 0 Å². The summed E-state index contributed by atoms with van der Waals surface area (Å²) in [6, 6.07) is 15.3. The molecule has 0 unspecified atom stereocenters. The topological polar surface area (TPSA) is 43.1 Å². The summed E-state index contributed by atoms with van der Waals surface area (Å²) in [7, 11) is 0. The molecule has 2 aromatic carbocycles. The van der Waals surface area contributed by atoms with Gasteiger partial charge in [-0.25, -0.2) is 0 Å². The van der Waals surface area contributed by atoms with Crippen LogP contribution in [0.25, 0.3) is 0 Å². The molecule has 2 rings (SSSR count). The number of hydrogen-bond donors (Lipinski definition) is 1. The van der Waals surface area contributed by atoms with Gasteiger partial charge in [0, 0.05) is 17.7 Å². The highest BCUT2D eigenvalue weighted by Crippen LogP contribution is 2.12. The van der Waals surface area contributed by atoms with E-state index in [2.05, 4.69) is 6.92 Å². The van der Waals surface area contributed by atoms with Crippen molar-refractivity contribution < 1.29 is 4.79 Å². The highest BCUT2D eigenvalue weighted by molar-refractivity contribution is 5.97. The molecule has 2 heteroatoms. The zero-order valence-electron chi connectivity index (χ0n) is 10.5. The van der Waals surface area contributed by atoms with Crippen LogP contribution in [0.2, 0.25) is 0 Å². The van der Waals surface area contributed by atoms with E-state index >= 15 is 0 Å². The second kappa shape index (κ2) is 5.50. The fourth-order valence-electron chi connectivity index (χ4n) is 1.96. The molecule has 0 spiro atoms. The first-order chi connectivity index (χ1) is 8.69. The van der Waals surface area contributed by atoms with E-state index < -0.39 is 0 Å². The molecule has 0 aliphatic rings. The maximum Gasteiger partial charge on any atom is 0.167 e. The highest BCUT2D eigenvalue weighted by atomic mass is 16.1. The predicted octanol–water partition coefficient (Wildman–Crippen LogP) is 3.26. The molecular weight excluding hydrogens is 222 g/mol. The van der Waals surface area contributed by atoms with Gasteiger partial charge in [0.15, 0.2) is 5.78 Å². The Morgan fingerprint density at radius 2 is 1.78 bits per heavy atom. The van der Waals surface area contributed by atoms with Gasteiger partial charge in [-0.15, -0.1) is 0 Å². The Balaban J connectivity index is 2.16. The average Bonchev–Trinajstić information content (AvgIpc) is 2.39. The van der Waals surface area contributed by atoms with Crippen molar-refractivity contribution in [1.82, 2.24) is 0 Å². The molecule has 0 aromatic heterocycles. The number of carbonyl (C=O) groups is 1. The fraction of sp³-hybridized carbons (Fsp3) is 0.188. The van der Waals surface area contributed by atoms with Crippen LogP contribution in [0.1, 0.15) is 28.4 Å². The Morgan fingerprint density at radius 1 is 1.06 bits per heavy atom. The Morgan fingerprint density at radius 3 is 2.50 bits per heavy atom. The van der Waals surface area contributed by atoms with E-state index in [-0.39, 0.29) is 5.78 Å². The first-order valence-corrected chi connectivity index (χ1v) is 6.15. The van der Waals surface area contributed by atoms with Gasteiger partial charge in [0.2, 0.25) is 0 Å². The van der Waals surface area contributed by atoms with Crippen LogP contribution in [-0.4, -0.2) is 5.78 Å². The third-order valence-corrected chi connectivity index (χ3v) is 2.97. The molecule has 2 N–H and O–H groups in total. The van der Waals surface area contributed by atoms with E-state index in [1.165, 1.54) is 5.56 Å². The summed E-state index contributed by atoms with van der Waals surface area (Å²) in [6.45, 7) is 2.08. The normalized spacial score (nSPS) is 10.3. The summed E-state index contributed by atoms with van der Waals surface area (Å²) in [6.07, 6.45) is 1.34. The molecule has 0 aliphatic carbocycles. The lowest BCUT2D eigenvalue weighted by atomic mass is 10.0. The summed E-state index contributed by atoms with van der Waals surface area (Å²) in [5.41, 5.74) is 9.33. The van der Waals surface area contributed by atoms with Gasteiger partial charge in [-0.3, -0.25) is 4.79 Å². The molecule has 2 aromatic rings. The molecule has 18 heavy (non-hydrogen) atoms. The predicted molar refractivity (Wildman–Crippen MR) is 74.7 cm³/mol.